The summed E-state index contributed by atoms with van der Waals surface area (Å²) in [7, 11) is 0. The molecular formula is C21H24O9. The van der Waals surface area contributed by atoms with Gasteiger partial charge in [0.1, 0.15) is 35.9 Å². The number of carbonyl (C=O) groups excluding carboxylic acids is 1. The standard InChI is InChI=1S/C21H24O9/c1-8-2-12(29-21-20(28)19(27)17(25)14(7-22)30-21)5-10-3-9-4-11(23)6-13(24)16(9)18(26)15(8)10/h2-3,5,11,14,17,19-23,25-28H,4,6-7H2,1H3. The van der Waals surface area contributed by atoms with Gasteiger partial charge in [-0.15, -0.1) is 0 Å². The Hall–Kier alpha value is -2.27. The van der Waals surface area contributed by atoms with Crippen molar-refractivity contribution >= 4 is 16.6 Å². The molecule has 2 aromatic rings. The largest absolute Gasteiger partial charge is 0.507 e. The van der Waals surface area contributed by atoms with E-state index < -0.39 is 43.4 Å². The van der Waals surface area contributed by atoms with Crippen LogP contribution in [-0.4, -0.2) is 79.8 Å². The van der Waals surface area contributed by atoms with Crippen molar-refractivity contribution in [1.82, 2.24) is 0 Å². The predicted octanol–water partition coefficient (Wildman–Crippen LogP) is -0.478. The molecule has 6 atom stereocenters. The number of carbonyl (C=O) groups is 1. The molecule has 0 bridgehead atoms. The number of aryl methyl sites for hydroxylation is 1. The third-order valence-electron chi connectivity index (χ3n) is 5.72. The number of aliphatic hydroxyl groups is 5. The summed E-state index contributed by atoms with van der Waals surface area (Å²) in [6.45, 7) is 1.15. The lowest BCUT2D eigenvalue weighted by Crippen LogP contribution is -2.60. The number of benzene rings is 2. The number of hydrogen-bond acceptors (Lipinski definition) is 9. The fraction of sp³-hybridized carbons (Fsp3) is 0.476. The summed E-state index contributed by atoms with van der Waals surface area (Å²) >= 11 is 0. The summed E-state index contributed by atoms with van der Waals surface area (Å²) in [5, 5.41) is 61.0. The van der Waals surface area contributed by atoms with E-state index >= 15 is 0 Å². The minimum Gasteiger partial charge on any atom is -0.507 e. The summed E-state index contributed by atoms with van der Waals surface area (Å²) in [5.41, 5.74) is 1.36. The van der Waals surface area contributed by atoms with Crippen LogP contribution in [0.1, 0.15) is 27.9 Å². The second-order valence-electron chi connectivity index (χ2n) is 7.90. The van der Waals surface area contributed by atoms with Crippen molar-refractivity contribution < 1.29 is 44.9 Å². The minimum atomic E-state index is -1.56. The summed E-state index contributed by atoms with van der Waals surface area (Å²) in [6, 6.07) is 4.87. The van der Waals surface area contributed by atoms with Crippen LogP contribution in [0.3, 0.4) is 0 Å². The molecule has 0 saturated carbocycles. The van der Waals surface area contributed by atoms with Crippen LogP contribution in [0.2, 0.25) is 0 Å². The van der Waals surface area contributed by atoms with Crippen molar-refractivity contribution in [3.8, 4) is 11.5 Å². The van der Waals surface area contributed by atoms with Crippen molar-refractivity contribution in [3.63, 3.8) is 0 Å². The van der Waals surface area contributed by atoms with Crippen LogP contribution in [0, 0.1) is 6.92 Å². The van der Waals surface area contributed by atoms with Gasteiger partial charge >= 0.3 is 0 Å². The number of ether oxygens (including phenoxy) is 2. The first-order chi connectivity index (χ1) is 14.2. The first-order valence-electron chi connectivity index (χ1n) is 9.69. The topological polar surface area (TPSA) is 157 Å². The van der Waals surface area contributed by atoms with Gasteiger partial charge < -0.3 is 40.1 Å². The molecule has 1 heterocycles. The van der Waals surface area contributed by atoms with Crippen LogP contribution in [0.25, 0.3) is 10.8 Å². The fourth-order valence-corrected chi connectivity index (χ4v) is 4.24. The highest BCUT2D eigenvalue weighted by atomic mass is 16.7. The first-order valence-corrected chi connectivity index (χ1v) is 9.69. The predicted molar refractivity (Wildman–Crippen MR) is 103 cm³/mol. The van der Waals surface area contributed by atoms with Gasteiger partial charge in [-0.3, -0.25) is 4.79 Å². The third-order valence-corrected chi connectivity index (χ3v) is 5.72. The van der Waals surface area contributed by atoms with Crippen LogP contribution in [0.15, 0.2) is 18.2 Å². The molecule has 2 aromatic carbocycles. The summed E-state index contributed by atoms with van der Waals surface area (Å²) in [4.78, 5) is 12.3. The van der Waals surface area contributed by atoms with Gasteiger partial charge in [-0.25, -0.2) is 0 Å². The fourth-order valence-electron chi connectivity index (χ4n) is 4.24. The summed E-state index contributed by atoms with van der Waals surface area (Å²) in [5.74, 6) is -0.202. The Balaban J connectivity index is 1.71. The lowest BCUT2D eigenvalue weighted by atomic mass is 9.85. The molecule has 0 amide bonds. The van der Waals surface area contributed by atoms with E-state index in [-0.39, 0.29) is 35.7 Å². The zero-order valence-corrected chi connectivity index (χ0v) is 16.2. The van der Waals surface area contributed by atoms with Gasteiger partial charge in [-0.2, -0.15) is 0 Å². The summed E-state index contributed by atoms with van der Waals surface area (Å²) < 4.78 is 11.1. The Morgan fingerprint density at radius 2 is 1.80 bits per heavy atom. The highest BCUT2D eigenvalue weighted by Gasteiger charge is 2.44. The smallest absolute Gasteiger partial charge is 0.229 e. The highest BCUT2D eigenvalue weighted by Crippen LogP contribution is 2.40. The molecule has 6 unspecified atom stereocenters. The number of rotatable bonds is 3. The molecule has 0 radical (unpaired) electrons. The lowest BCUT2D eigenvalue weighted by molar-refractivity contribution is -0.277. The van der Waals surface area contributed by atoms with Crippen molar-refractivity contribution in [2.75, 3.05) is 6.61 Å². The maximum absolute atomic E-state index is 12.3. The maximum atomic E-state index is 12.3. The van der Waals surface area contributed by atoms with Crippen LogP contribution in [0.5, 0.6) is 11.5 Å². The van der Waals surface area contributed by atoms with Crippen LogP contribution < -0.4 is 4.74 Å². The summed E-state index contributed by atoms with van der Waals surface area (Å²) in [6.07, 6.45) is -7.66. The Labute approximate surface area is 171 Å². The molecule has 1 saturated heterocycles. The molecular weight excluding hydrogens is 396 g/mol. The van der Waals surface area contributed by atoms with E-state index in [2.05, 4.69) is 0 Å². The molecule has 0 aromatic heterocycles. The van der Waals surface area contributed by atoms with Crippen LogP contribution in [-0.2, 0) is 11.2 Å². The molecule has 9 nitrogen and oxygen atoms in total. The lowest BCUT2D eigenvalue weighted by Gasteiger charge is -2.39. The van der Waals surface area contributed by atoms with Crippen LogP contribution >= 0.6 is 0 Å². The number of Topliss-reactive ketones (excluding diaryl/α,β-unsaturated/α-hetero) is 1. The molecule has 0 spiro atoms. The van der Waals surface area contributed by atoms with Gasteiger partial charge in [0, 0.05) is 11.8 Å². The molecule has 1 aliphatic heterocycles. The first kappa shape index (κ1) is 21.0. The zero-order valence-electron chi connectivity index (χ0n) is 16.2. The van der Waals surface area contributed by atoms with Crippen molar-refractivity contribution in [2.24, 2.45) is 0 Å². The van der Waals surface area contributed by atoms with Crippen LogP contribution in [0.4, 0.5) is 0 Å². The van der Waals surface area contributed by atoms with E-state index in [1.807, 2.05) is 0 Å². The molecule has 6 N–H and O–H groups in total. The van der Waals surface area contributed by atoms with E-state index in [1.54, 1.807) is 25.1 Å². The van der Waals surface area contributed by atoms with Gasteiger partial charge in [0.2, 0.25) is 6.29 Å². The van der Waals surface area contributed by atoms with Crippen molar-refractivity contribution in [1.29, 1.82) is 0 Å². The molecule has 4 rings (SSSR count). The van der Waals surface area contributed by atoms with E-state index in [0.717, 1.165) is 0 Å². The number of phenolic OH excluding ortho intramolecular Hbond substituents is 1. The van der Waals surface area contributed by atoms with Crippen molar-refractivity contribution in [2.45, 2.75) is 56.6 Å². The van der Waals surface area contributed by atoms with Gasteiger partial charge in [-0.05, 0) is 48.1 Å². The van der Waals surface area contributed by atoms with E-state index in [9.17, 15) is 35.4 Å². The number of ketones is 1. The zero-order chi connectivity index (χ0) is 21.7. The molecule has 162 valence electrons. The van der Waals surface area contributed by atoms with E-state index in [4.69, 9.17) is 9.47 Å². The molecule has 30 heavy (non-hydrogen) atoms. The van der Waals surface area contributed by atoms with E-state index in [1.165, 1.54) is 0 Å². The van der Waals surface area contributed by atoms with Crippen molar-refractivity contribution in [3.05, 3.63) is 34.9 Å². The monoisotopic (exact) mass is 420 g/mol. The minimum absolute atomic E-state index is 0.0383. The van der Waals surface area contributed by atoms with E-state index in [0.29, 0.717) is 21.9 Å². The number of hydrogen-bond donors (Lipinski definition) is 6. The maximum Gasteiger partial charge on any atom is 0.229 e. The Bertz CT molecular complexity index is 986. The quantitative estimate of drug-likeness (QED) is 0.386. The second-order valence-corrected chi connectivity index (χ2v) is 7.90. The van der Waals surface area contributed by atoms with Gasteiger partial charge in [0.05, 0.1) is 18.3 Å². The number of fused-ring (bicyclic) bond motifs is 2. The average molecular weight is 420 g/mol. The number of aromatic hydroxyl groups is 1. The highest BCUT2D eigenvalue weighted by molar-refractivity contribution is 6.08. The third kappa shape index (κ3) is 3.43. The molecule has 2 aliphatic rings. The molecule has 1 aliphatic carbocycles. The van der Waals surface area contributed by atoms with Gasteiger partial charge in [0.15, 0.2) is 5.78 Å². The SMILES string of the molecule is Cc1cc(OC2OC(CO)C(O)C(O)C2O)cc2cc3c(c(O)c12)C(=O)CC(O)C3. The molecule has 1 fully saturated rings. The number of aliphatic hydroxyl groups excluding tert-OH is 5. The Kier molecular flexibility index (Phi) is 5.43. The number of phenols is 1. The van der Waals surface area contributed by atoms with Gasteiger partial charge in [0.25, 0.3) is 0 Å². The normalized spacial score (nSPS) is 31.6. The Morgan fingerprint density at radius 3 is 2.50 bits per heavy atom. The molecule has 9 heteroatoms. The average Bonchev–Trinajstić information content (AvgIpc) is 2.67. The second kappa shape index (κ2) is 7.77. The van der Waals surface area contributed by atoms with Gasteiger partial charge in [-0.1, -0.05) is 0 Å². The Morgan fingerprint density at radius 1 is 1.07 bits per heavy atom.